The van der Waals surface area contributed by atoms with Gasteiger partial charge in [0, 0.05) is 39.2 Å². The second kappa shape index (κ2) is 9.68. The molecule has 2 aromatic heterocycles. The van der Waals surface area contributed by atoms with E-state index < -0.39 is 0 Å². The molecule has 0 spiro atoms. The molecule has 0 fully saturated rings. The quantitative estimate of drug-likeness (QED) is 0.218. The molecular formula is C42H28N4. The molecule has 2 aliphatic heterocycles. The number of aromatic nitrogens is 2. The molecule has 2 aliphatic rings. The Morgan fingerprint density at radius 3 is 2.07 bits per heavy atom. The second-order valence-electron chi connectivity index (χ2n) is 12.1. The van der Waals surface area contributed by atoms with E-state index in [4.69, 9.17) is 4.98 Å². The van der Waals surface area contributed by atoms with Gasteiger partial charge < -0.3 is 9.88 Å². The molecule has 0 aliphatic carbocycles. The Morgan fingerprint density at radius 1 is 0.543 bits per heavy atom. The number of rotatable bonds is 2. The summed E-state index contributed by atoms with van der Waals surface area (Å²) in [4.78, 5) is 7.37. The third-order valence-electron chi connectivity index (χ3n) is 9.58. The highest BCUT2D eigenvalue weighted by molar-refractivity contribution is 6.14. The maximum absolute atomic E-state index is 5.02. The Morgan fingerprint density at radius 2 is 1.22 bits per heavy atom. The lowest BCUT2D eigenvalue weighted by atomic mass is 9.92. The van der Waals surface area contributed by atoms with E-state index in [1.807, 2.05) is 6.20 Å². The summed E-state index contributed by atoms with van der Waals surface area (Å²) in [5.74, 6) is 0.931. The molecule has 46 heavy (non-hydrogen) atoms. The molecule has 216 valence electrons. The summed E-state index contributed by atoms with van der Waals surface area (Å²) in [6.07, 6.45) is 6.41. The van der Waals surface area contributed by atoms with Crippen LogP contribution in [0.5, 0.6) is 0 Å². The zero-order valence-electron chi connectivity index (χ0n) is 24.9. The summed E-state index contributed by atoms with van der Waals surface area (Å²) in [7, 11) is 0. The van der Waals surface area contributed by atoms with E-state index >= 15 is 0 Å². The fourth-order valence-corrected chi connectivity index (χ4v) is 7.55. The van der Waals surface area contributed by atoms with Crippen LogP contribution in [0.2, 0.25) is 0 Å². The van der Waals surface area contributed by atoms with Crippen LogP contribution < -0.4 is 10.2 Å². The predicted octanol–water partition coefficient (Wildman–Crippen LogP) is 11.1. The normalized spacial score (nSPS) is 14.8. The molecule has 1 unspecified atom stereocenters. The minimum Gasteiger partial charge on any atom is -0.361 e. The smallest absolute Gasteiger partial charge is 0.145 e. The van der Waals surface area contributed by atoms with E-state index in [-0.39, 0.29) is 6.17 Å². The molecule has 0 saturated carbocycles. The Labute approximate surface area is 266 Å². The van der Waals surface area contributed by atoms with Crippen LogP contribution >= 0.6 is 0 Å². The molecule has 4 nitrogen and oxygen atoms in total. The largest absolute Gasteiger partial charge is 0.361 e. The first kappa shape index (κ1) is 25.2. The average Bonchev–Trinajstić information content (AvgIpc) is 3.39. The maximum atomic E-state index is 5.02. The van der Waals surface area contributed by atoms with Crippen LogP contribution in [0.1, 0.15) is 11.7 Å². The van der Waals surface area contributed by atoms with Crippen molar-refractivity contribution in [3.63, 3.8) is 0 Å². The Kier molecular flexibility index (Phi) is 5.31. The summed E-state index contributed by atoms with van der Waals surface area (Å²) in [6, 6.07) is 50.3. The predicted molar refractivity (Wildman–Crippen MR) is 192 cm³/mol. The van der Waals surface area contributed by atoms with Crippen molar-refractivity contribution < 1.29 is 0 Å². The third kappa shape index (κ3) is 3.58. The summed E-state index contributed by atoms with van der Waals surface area (Å²) in [6.45, 7) is 0. The van der Waals surface area contributed by atoms with Gasteiger partial charge in [0.2, 0.25) is 0 Å². The molecule has 1 atom stereocenters. The summed E-state index contributed by atoms with van der Waals surface area (Å²) in [5.41, 5.74) is 11.8. The second-order valence-corrected chi connectivity index (χ2v) is 12.1. The highest BCUT2D eigenvalue weighted by atomic mass is 15.2. The minimum atomic E-state index is -0.0277. The Bertz CT molecular complexity index is 2530. The number of para-hydroxylation sites is 4. The van der Waals surface area contributed by atoms with Gasteiger partial charge in [-0.05, 0) is 70.6 Å². The highest BCUT2D eigenvalue weighted by Crippen LogP contribution is 2.52. The minimum absolute atomic E-state index is 0.0277. The first-order chi connectivity index (χ1) is 22.8. The van der Waals surface area contributed by atoms with Crippen molar-refractivity contribution in [2.45, 2.75) is 6.17 Å². The van der Waals surface area contributed by atoms with Crippen LogP contribution in [-0.2, 0) is 0 Å². The van der Waals surface area contributed by atoms with Gasteiger partial charge in [0.05, 0.1) is 22.4 Å². The summed E-state index contributed by atoms with van der Waals surface area (Å²) >= 11 is 0. The molecule has 1 N–H and O–H groups in total. The number of benzene rings is 6. The summed E-state index contributed by atoms with van der Waals surface area (Å²) < 4.78 is 2.46. The van der Waals surface area contributed by atoms with Gasteiger partial charge in [0.1, 0.15) is 12.0 Å². The SMILES string of the molecule is C1=CC(n2c3ccccc3c3cc4c(cc32)-c2ccccc2N(c2nccc3ccccc23)c2ccccc2-4)Nc2ccccc21. The molecule has 4 heterocycles. The molecular weight excluding hydrogens is 560 g/mol. The van der Waals surface area contributed by atoms with E-state index in [1.54, 1.807) is 0 Å². The van der Waals surface area contributed by atoms with Crippen LogP contribution in [0.15, 0.2) is 152 Å². The lowest BCUT2D eigenvalue weighted by Gasteiger charge is -2.27. The molecule has 10 rings (SSSR count). The average molecular weight is 589 g/mol. The number of hydrogen-bond acceptors (Lipinski definition) is 3. The van der Waals surface area contributed by atoms with E-state index in [2.05, 4.69) is 166 Å². The first-order valence-electron chi connectivity index (χ1n) is 15.8. The van der Waals surface area contributed by atoms with Crippen LogP contribution in [0.4, 0.5) is 22.9 Å². The molecule has 0 bridgehead atoms. The number of fused-ring (bicyclic) bond motifs is 10. The van der Waals surface area contributed by atoms with Crippen molar-refractivity contribution in [3.8, 4) is 22.3 Å². The summed E-state index contributed by atoms with van der Waals surface area (Å²) in [5, 5.41) is 8.60. The van der Waals surface area contributed by atoms with Crippen molar-refractivity contribution in [2.75, 3.05) is 10.2 Å². The van der Waals surface area contributed by atoms with Gasteiger partial charge in [-0.15, -0.1) is 0 Å². The van der Waals surface area contributed by atoms with Gasteiger partial charge in [-0.3, -0.25) is 4.90 Å². The van der Waals surface area contributed by atoms with Crippen molar-refractivity contribution in [1.82, 2.24) is 9.55 Å². The fraction of sp³-hybridized carbons (Fsp3) is 0.0238. The molecule has 6 aromatic carbocycles. The number of anilines is 4. The topological polar surface area (TPSA) is 33.1 Å². The highest BCUT2D eigenvalue weighted by Gasteiger charge is 2.29. The lowest BCUT2D eigenvalue weighted by molar-refractivity contribution is 0.725. The van der Waals surface area contributed by atoms with Crippen molar-refractivity contribution >= 4 is 61.5 Å². The molecule has 0 saturated heterocycles. The zero-order valence-corrected chi connectivity index (χ0v) is 24.9. The van der Waals surface area contributed by atoms with Gasteiger partial charge >= 0.3 is 0 Å². The van der Waals surface area contributed by atoms with Crippen molar-refractivity contribution in [1.29, 1.82) is 0 Å². The van der Waals surface area contributed by atoms with Gasteiger partial charge in [0.15, 0.2) is 0 Å². The van der Waals surface area contributed by atoms with Crippen LogP contribution in [0.25, 0.3) is 60.9 Å². The van der Waals surface area contributed by atoms with Crippen LogP contribution in [0.3, 0.4) is 0 Å². The van der Waals surface area contributed by atoms with Crippen molar-refractivity contribution in [2.24, 2.45) is 0 Å². The van der Waals surface area contributed by atoms with Gasteiger partial charge in [-0.25, -0.2) is 4.98 Å². The molecule has 8 aromatic rings. The van der Waals surface area contributed by atoms with E-state index in [0.29, 0.717) is 0 Å². The zero-order chi connectivity index (χ0) is 30.2. The third-order valence-corrected chi connectivity index (χ3v) is 9.58. The van der Waals surface area contributed by atoms with Crippen LogP contribution in [-0.4, -0.2) is 9.55 Å². The van der Waals surface area contributed by atoms with Gasteiger partial charge in [-0.1, -0.05) is 103 Å². The maximum Gasteiger partial charge on any atom is 0.145 e. The van der Waals surface area contributed by atoms with Gasteiger partial charge in [-0.2, -0.15) is 0 Å². The number of hydrogen-bond donors (Lipinski definition) is 1. The molecule has 4 heteroatoms. The van der Waals surface area contributed by atoms with E-state index in [0.717, 1.165) is 28.3 Å². The van der Waals surface area contributed by atoms with E-state index in [1.165, 1.54) is 55.0 Å². The standard InChI is InChI=1S/C42H28N4/c1-3-13-29-27(11-1)23-24-43-42(29)46-38-19-9-4-14-30(38)33-25-35-32-16-6-8-18-37(32)45(41-22-21-28-12-2-7-17-36(28)44-41)40(35)26-34(33)31-15-5-10-20-39(31)46/h1-26,41,44H. The lowest BCUT2D eigenvalue weighted by Crippen LogP contribution is -2.18. The Balaban J connectivity index is 1.28. The fourth-order valence-electron chi connectivity index (χ4n) is 7.55. The van der Waals surface area contributed by atoms with Crippen LogP contribution in [0, 0.1) is 0 Å². The molecule has 0 amide bonds. The van der Waals surface area contributed by atoms with E-state index in [9.17, 15) is 0 Å². The van der Waals surface area contributed by atoms with Crippen molar-refractivity contribution in [3.05, 3.63) is 157 Å². The van der Waals surface area contributed by atoms with Gasteiger partial charge in [0.25, 0.3) is 0 Å². The molecule has 0 radical (unpaired) electrons. The Hall–Kier alpha value is -6.13. The number of pyridine rings is 1. The number of nitrogens with one attached hydrogen (secondary N) is 1. The first-order valence-corrected chi connectivity index (χ1v) is 15.8. The monoisotopic (exact) mass is 588 g/mol. The number of nitrogens with zero attached hydrogens (tertiary/aromatic N) is 3.